The van der Waals surface area contributed by atoms with E-state index in [-0.39, 0.29) is 31.8 Å². The van der Waals surface area contributed by atoms with Gasteiger partial charge in [0.05, 0.1) is 28.4 Å². The van der Waals surface area contributed by atoms with Crippen LogP contribution in [0.2, 0.25) is 0 Å². The van der Waals surface area contributed by atoms with Crippen molar-refractivity contribution in [3.8, 4) is 11.2 Å². The number of nitrogens with one attached hydrogen (secondary N) is 3. The zero-order valence-corrected chi connectivity index (χ0v) is 32.5. The highest BCUT2D eigenvalue weighted by Crippen LogP contribution is 2.36. The van der Waals surface area contributed by atoms with Gasteiger partial charge in [0.1, 0.15) is 18.2 Å². The molecule has 288 valence electrons. The zero-order valence-electron chi connectivity index (χ0n) is 30.8. The van der Waals surface area contributed by atoms with E-state index in [4.69, 9.17) is 31.6 Å². The molecule has 0 aliphatic carbocycles. The number of nitrogens with zero attached hydrogens (tertiary/aromatic N) is 9. The predicted molar refractivity (Wildman–Crippen MR) is 207 cm³/mol. The number of ether oxygens (including phenoxy) is 2. The number of nitriles is 1. The van der Waals surface area contributed by atoms with Crippen LogP contribution >= 0.6 is 11.3 Å². The standard InChI is InChI=1S/C35H40N12O6S2/c1-21-15-22(2)29(23(3)16-21)40-34-41-32(37-11-7-13-52-5)30(33(42-34)38-12-8-14-53-6)43-44-31-24(18-36)19-47(45-31)35-39-26-17-25(9-10-27(26)54-35)55(50,51)46(4)20-28(48)49/h4,9-10,15-17,19H,7-8,11-14,20H2,1-3,5-6H3,(H,48,49)(H3,37,38,40,41,42). The van der Waals surface area contributed by atoms with Crippen LogP contribution in [0.1, 0.15) is 35.1 Å². The van der Waals surface area contributed by atoms with E-state index < -0.39 is 22.5 Å². The van der Waals surface area contributed by atoms with Gasteiger partial charge in [0.25, 0.3) is 0 Å². The number of methoxy groups -OCH3 is 2. The normalized spacial score (nSPS) is 11.7. The topological polar surface area (TPSA) is 234 Å². The van der Waals surface area contributed by atoms with Crippen molar-refractivity contribution >= 4 is 72.3 Å². The Morgan fingerprint density at radius 1 is 1.02 bits per heavy atom. The molecule has 5 rings (SSSR count). The van der Waals surface area contributed by atoms with E-state index >= 15 is 0 Å². The van der Waals surface area contributed by atoms with Crippen molar-refractivity contribution in [1.29, 1.82) is 5.26 Å². The molecule has 0 amide bonds. The van der Waals surface area contributed by atoms with Gasteiger partial charge < -0.3 is 30.5 Å². The van der Waals surface area contributed by atoms with E-state index in [9.17, 15) is 18.5 Å². The van der Waals surface area contributed by atoms with Gasteiger partial charge in [0.15, 0.2) is 17.3 Å². The molecule has 0 atom stereocenters. The van der Waals surface area contributed by atoms with Crippen LogP contribution in [0, 0.1) is 39.1 Å². The molecule has 0 aliphatic heterocycles. The van der Waals surface area contributed by atoms with Crippen LogP contribution in [0.4, 0.5) is 34.8 Å². The highest BCUT2D eigenvalue weighted by Gasteiger charge is 2.25. The van der Waals surface area contributed by atoms with Crippen LogP contribution in [0.15, 0.2) is 51.7 Å². The fourth-order valence-electron chi connectivity index (χ4n) is 5.41. The second-order valence-corrected chi connectivity index (χ2v) is 15.1. The second-order valence-electron chi connectivity index (χ2n) is 12.2. The van der Waals surface area contributed by atoms with E-state index in [1.165, 1.54) is 40.4 Å². The Morgan fingerprint density at radius 2 is 1.65 bits per heavy atom. The van der Waals surface area contributed by atoms with E-state index in [1.54, 1.807) is 14.2 Å². The number of sulfonamides is 1. The predicted octanol–water partition coefficient (Wildman–Crippen LogP) is 5.87. The number of rotatable bonds is 19. The van der Waals surface area contributed by atoms with E-state index in [2.05, 4.69) is 54.5 Å². The Kier molecular flexibility index (Phi) is 13.4. The van der Waals surface area contributed by atoms with Crippen LogP contribution < -0.4 is 16.0 Å². The highest BCUT2D eigenvalue weighted by atomic mass is 32.2. The molecule has 5 aromatic rings. The van der Waals surface area contributed by atoms with Crippen molar-refractivity contribution in [2.24, 2.45) is 10.2 Å². The maximum absolute atomic E-state index is 12.8. The summed E-state index contributed by atoms with van der Waals surface area (Å²) in [6, 6.07) is 10.3. The molecule has 0 bridgehead atoms. The molecule has 0 unspecified atom stereocenters. The summed E-state index contributed by atoms with van der Waals surface area (Å²) in [5.74, 6) is -0.336. The van der Waals surface area contributed by atoms with E-state index in [1.807, 2.05) is 20.8 Å². The summed E-state index contributed by atoms with van der Waals surface area (Å²) in [6.45, 7) is 7.19. The zero-order chi connectivity index (χ0) is 39.7. The molecule has 20 heteroatoms. The average Bonchev–Trinajstić information content (AvgIpc) is 3.76. The molecule has 3 aromatic heterocycles. The molecule has 3 heterocycles. The third-order valence-electron chi connectivity index (χ3n) is 7.93. The smallest absolute Gasteiger partial charge is 0.318 e. The summed E-state index contributed by atoms with van der Waals surface area (Å²) in [5.41, 5.74) is 4.74. The molecule has 55 heavy (non-hydrogen) atoms. The largest absolute Gasteiger partial charge is 0.480 e. The fraction of sp³-hybridized carbons (Fsp3) is 0.343. The molecular formula is C35H40N12O6S2. The summed E-state index contributed by atoms with van der Waals surface area (Å²) in [6.07, 6.45) is 2.79. The number of aryl methyl sites for hydroxylation is 3. The van der Waals surface area contributed by atoms with Crippen LogP contribution in [0.25, 0.3) is 15.3 Å². The molecule has 0 saturated heterocycles. The monoisotopic (exact) mass is 788 g/mol. The third kappa shape index (κ3) is 9.94. The fourth-order valence-corrected chi connectivity index (χ4v) is 7.33. The summed E-state index contributed by atoms with van der Waals surface area (Å²) in [4.78, 5) is 24.9. The van der Waals surface area contributed by atoms with Gasteiger partial charge in [-0.3, -0.25) is 4.79 Å². The molecule has 0 fully saturated rings. The number of carboxylic acid groups (broad SMARTS) is 1. The Balaban J connectivity index is 1.52. The second kappa shape index (κ2) is 18.2. The van der Waals surface area contributed by atoms with Gasteiger partial charge in [0, 0.05) is 46.2 Å². The molecule has 0 saturated carbocycles. The van der Waals surface area contributed by atoms with Crippen molar-refractivity contribution in [3.05, 3.63) is 65.8 Å². The quantitative estimate of drug-likeness (QED) is 0.0436. The Hall–Kier alpha value is -5.59. The van der Waals surface area contributed by atoms with Crippen LogP contribution in [-0.4, -0.2) is 95.6 Å². The molecule has 2 aromatic carbocycles. The molecular weight excluding hydrogens is 749 g/mol. The number of thiazole rings is 1. The maximum Gasteiger partial charge on any atom is 0.318 e. The SMILES string of the molecule is [CH]N(CC(=O)O)S(=O)(=O)c1ccc2sc(-n3cc(C#N)c(N=Nc4c(NCCCOC)nc(Nc5c(C)cc(C)cc5C)nc4NCCCOC)n3)nc2c1. The van der Waals surface area contributed by atoms with E-state index in [0.29, 0.717) is 66.6 Å². The Bertz CT molecular complexity index is 2300. The minimum absolute atomic E-state index is 0.0127. The first-order valence-corrected chi connectivity index (χ1v) is 19.1. The van der Waals surface area contributed by atoms with Gasteiger partial charge in [-0.2, -0.15) is 19.5 Å². The van der Waals surface area contributed by atoms with Gasteiger partial charge in [-0.1, -0.05) is 29.0 Å². The minimum atomic E-state index is -4.31. The van der Waals surface area contributed by atoms with Gasteiger partial charge in [-0.15, -0.1) is 15.3 Å². The van der Waals surface area contributed by atoms with Gasteiger partial charge in [-0.05, 0) is 62.9 Å². The molecule has 4 N–H and O–H groups in total. The first-order chi connectivity index (χ1) is 26.3. The van der Waals surface area contributed by atoms with Crippen molar-refractivity contribution in [2.75, 3.05) is 63.0 Å². The molecule has 0 aliphatic rings. The lowest BCUT2D eigenvalue weighted by Gasteiger charge is -2.17. The number of benzene rings is 2. The lowest BCUT2D eigenvalue weighted by Crippen LogP contribution is -2.30. The molecule has 2 radical (unpaired) electrons. The van der Waals surface area contributed by atoms with Gasteiger partial charge >= 0.3 is 5.97 Å². The molecule has 18 nitrogen and oxygen atoms in total. The Labute approximate surface area is 322 Å². The van der Waals surface area contributed by atoms with Crippen LogP contribution in [0.5, 0.6) is 0 Å². The minimum Gasteiger partial charge on any atom is -0.480 e. The van der Waals surface area contributed by atoms with Gasteiger partial charge in [-0.25, -0.2) is 18.1 Å². The summed E-state index contributed by atoms with van der Waals surface area (Å²) >= 11 is 1.18. The lowest BCUT2D eigenvalue weighted by atomic mass is 10.1. The van der Waals surface area contributed by atoms with Crippen molar-refractivity contribution in [3.63, 3.8) is 0 Å². The Morgan fingerprint density at radius 3 is 2.24 bits per heavy atom. The number of aromatic nitrogens is 5. The summed E-state index contributed by atoms with van der Waals surface area (Å²) in [5, 5.41) is 42.7. The van der Waals surface area contributed by atoms with Gasteiger partial charge in [0.2, 0.25) is 26.9 Å². The van der Waals surface area contributed by atoms with Crippen molar-refractivity contribution < 1.29 is 27.8 Å². The number of anilines is 4. The highest BCUT2D eigenvalue weighted by molar-refractivity contribution is 7.89. The van der Waals surface area contributed by atoms with E-state index in [0.717, 1.165) is 22.4 Å². The molecule has 0 spiro atoms. The third-order valence-corrected chi connectivity index (χ3v) is 10.6. The van der Waals surface area contributed by atoms with Crippen molar-refractivity contribution in [1.82, 2.24) is 29.0 Å². The number of carbonyl (C=O) groups is 1. The first-order valence-electron chi connectivity index (χ1n) is 16.9. The number of azo groups is 1. The number of aliphatic carboxylic acids is 1. The summed E-state index contributed by atoms with van der Waals surface area (Å²) in [7, 11) is 4.48. The van der Waals surface area contributed by atoms with Crippen LogP contribution in [-0.2, 0) is 24.3 Å². The number of hydrogen-bond acceptors (Lipinski definition) is 16. The van der Waals surface area contributed by atoms with Crippen molar-refractivity contribution in [2.45, 2.75) is 38.5 Å². The maximum atomic E-state index is 12.8. The first kappa shape index (κ1) is 40.6. The lowest BCUT2D eigenvalue weighted by molar-refractivity contribution is -0.136. The summed E-state index contributed by atoms with van der Waals surface area (Å²) < 4.78 is 38.3. The number of carboxylic acids is 1. The average molecular weight is 789 g/mol. The number of hydrogen-bond donors (Lipinski definition) is 4. The van der Waals surface area contributed by atoms with Crippen LogP contribution in [0.3, 0.4) is 0 Å². The number of fused-ring (bicyclic) bond motifs is 1.